The van der Waals surface area contributed by atoms with Gasteiger partial charge in [0.05, 0.1) is 7.11 Å². The highest BCUT2D eigenvalue weighted by molar-refractivity contribution is 5.78. The Morgan fingerprint density at radius 2 is 2.08 bits per heavy atom. The minimum absolute atomic E-state index is 0.00755. The fraction of sp³-hybridized carbons (Fsp3) is 0.588. The van der Waals surface area contributed by atoms with Crippen molar-refractivity contribution in [2.75, 3.05) is 13.7 Å². The van der Waals surface area contributed by atoms with E-state index in [1.54, 1.807) is 12.1 Å². The number of nitrogens with one attached hydrogen (secondary N) is 1. The Morgan fingerprint density at radius 1 is 1.32 bits per heavy atom. The molecule has 1 aromatic carbocycles. The zero-order valence-corrected chi connectivity index (χ0v) is 14.1. The average Bonchev–Trinajstić information content (AvgIpc) is 2.57. The Kier molecular flexibility index (Phi) is 6.52. The number of carbonyl (C=O) groups is 1. The molecule has 2 atom stereocenters. The molecule has 25 heavy (non-hydrogen) atoms. The minimum atomic E-state index is -4.42. The third kappa shape index (κ3) is 6.12. The number of carbonyl (C=O) groups excluding carboxylic acids is 1. The van der Waals surface area contributed by atoms with Gasteiger partial charge in [-0.3, -0.25) is 4.79 Å². The Hall–Kier alpha value is -1.96. The van der Waals surface area contributed by atoms with Crippen LogP contribution in [0, 0.1) is 5.92 Å². The van der Waals surface area contributed by atoms with Crippen molar-refractivity contribution in [2.45, 2.75) is 44.4 Å². The Labute approximate surface area is 144 Å². The highest BCUT2D eigenvalue weighted by atomic mass is 19.4. The number of benzene rings is 1. The standard InChI is InChI=1S/C17H23F3N2O3/c1-24-15-7-11(5-6-14(15)25-10-17(18,19)20)9-22-16(23)12-3-2-4-13(21)8-12/h5-7,12-13H,2-4,8-10,21H2,1H3,(H,22,23). The van der Waals surface area contributed by atoms with Gasteiger partial charge in [-0.25, -0.2) is 0 Å². The molecule has 1 aliphatic carbocycles. The molecule has 2 unspecified atom stereocenters. The van der Waals surface area contributed by atoms with E-state index < -0.39 is 12.8 Å². The maximum Gasteiger partial charge on any atom is 0.422 e. The first-order chi connectivity index (χ1) is 11.8. The number of alkyl halides is 3. The molecule has 0 bridgehead atoms. The van der Waals surface area contributed by atoms with Crippen molar-refractivity contribution >= 4 is 5.91 Å². The second kappa shape index (κ2) is 8.42. The molecule has 1 amide bonds. The van der Waals surface area contributed by atoms with Crippen molar-refractivity contribution in [3.63, 3.8) is 0 Å². The van der Waals surface area contributed by atoms with Crippen LogP contribution in [0.25, 0.3) is 0 Å². The normalized spacial score (nSPS) is 20.8. The van der Waals surface area contributed by atoms with Crippen LogP contribution in [-0.2, 0) is 11.3 Å². The quantitative estimate of drug-likeness (QED) is 0.818. The van der Waals surface area contributed by atoms with E-state index in [1.807, 2.05) is 0 Å². The second-order valence-corrected chi connectivity index (χ2v) is 6.23. The molecule has 1 aromatic rings. The molecule has 0 spiro atoms. The van der Waals surface area contributed by atoms with Crippen LogP contribution in [-0.4, -0.2) is 31.8 Å². The smallest absolute Gasteiger partial charge is 0.422 e. The largest absolute Gasteiger partial charge is 0.493 e. The van der Waals surface area contributed by atoms with Crippen LogP contribution in [0.2, 0.25) is 0 Å². The third-order valence-electron chi connectivity index (χ3n) is 4.17. The second-order valence-electron chi connectivity index (χ2n) is 6.23. The van der Waals surface area contributed by atoms with E-state index in [1.165, 1.54) is 13.2 Å². The topological polar surface area (TPSA) is 73.6 Å². The van der Waals surface area contributed by atoms with Gasteiger partial charge in [-0.2, -0.15) is 13.2 Å². The molecule has 5 nitrogen and oxygen atoms in total. The summed E-state index contributed by atoms with van der Waals surface area (Å²) < 4.78 is 46.5. The fourth-order valence-electron chi connectivity index (χ4n) is 2.90. The van der Waals surface area contributed by atoms with E-state index in [-0.39, 0.29) is 35.9 Å². The molecule has 8 heteroatoms. The lowest BCUT2D eigenvalue weighted by molar-refractivity contribution is -0.153. The zero-order chi connectivity index (χ0) is 18.4. The molecule has 1 aliphatic rings. The van der Waals surface area contributed by atoms with Gasteiger partial charge in [-0.1, -0.05) is 12.5 Å². The van der Waals surface area contributed by atoms with Crippen LogP contribution < -0.4 is 20.5 Å². The number of halogens is 3. The van der Waals surface area contributed by atoms with E-state index in [4.69, 9.17) is 15.2 Å². The molecule has 0 heterocycles. The maximum absolute atomic E-state index is 12.2. The van der Waals surface area contributed by atoms with Crippen molar-refractivity contribution < 1.29 is 27.4 Å². The summed E-state index contributed by atoms with van der Waals surface area (Å²) in [7, 11) is 1.35. The van der Waals surface area contributed by atoms with Crippen molar-refractivity contribution in [1.29, 1.82) is 0 Å². The fourth-order valence-corrected chi connectivity index (χ4v) is 2.90. The van der Waals surface area contributed by atoms with Gasteiger partial charge in [0.1, 0.15) is 0 Å². The molecule has 2 rings (SSSR count). The number of hydrogen-bond donors (Lipinski definition) is 2. The SMILES string of the molecule is COc1cc(CNC(=O)C2CCCC(N)C2)ccc1OCC(F)(F)F. The van der Waals surface area contributed by atoms with E-state index in [2.05, 4.69) is 5.32 Å². The number of nitrogens with two attached hydrogens (primary N) is 1. The lowest BCUT2D eigenvalue weighted by Gasteiger charge is -2.25. The van der Waals surface area contributed by atoms with Crippen LogP contribution in [0.4, 0.5) is 13.2 Å². The number of methoxy groups -OCH3 is 1. The number of rotatable bonds is 6. The maximum atomic E-state index is 12.2. The number of hydrogen-bond acceptors (Lipinski definition) is 4. The van der Waals surface area contributed by atoms with E-state index >= 15 is 0 Å². The Morgan fingerprint density at radius 3 is 2.72 bits per heavy atom. The number of amides is 1. The Bertz CT molecular complexity index is 593. The summed E-state index contributed by atoms with van der Waals surface area (Å²) in [4.78, 5) is 12.2. The summed E-state index contributed by atoms with van der Waals surface area (Å²) in [6.07, 6.45) is -1.02. The van der Waals surface area contributed by atoms with Gasteiger partial charge in [0.2, 0.25) is 5.91 Å². The van der Waals surface area contributed by atoms with Gasteiger partial charge >= 0.3 is 6.18 Å². The molecule has 140 valence electrons. The third-order valence-corrected chi connectivity index (χ3v) is 4.17. The van der Waals surface area contributed by atoms with Crippen molar-refractivity contribution in [3.8, 4) is 11.5 Å². The van der Waals surface area contributed by atoms with Crippen LogP contribution in [0.1, 0.15) is 31.2 Å². The van der Waals surface area contributed by atoms with Crippen LogP contribution in [0.15, 0.2) is 18.2 Å². The molecule has 1 saturated carbocycles. The molecule has 0 aromatic heterocycles. The highest BCUT2D eigenvalue weighted by Gasteiger charge is 2.29. The first kappa shape index (κ1) is 19.4. The molecule has 0 radical (unpaired) electrons. The molecular formula is C17H23F3N2O3. The van der Waals surface area contributed by atoms with Crippen molar-refractivity contribution in [3.05, 3.63) is 23.8 Å². The van der Waals surface area contributed by atoms with Gasteiger partial charge in [0.25, 0.3) is 0 Å². The van der Waals surface area contributed by atoms with Gasteiger partial charge in [-0.15, -0.1) is 0 Å². The summed E-state index contributed by atoms with van der Waals surface area (Å²) in [6, 6.07) is 4.62. The zero-order valence-electron chi connectivity index (χ0n) is 14.1. The molecule has 0 saturated heterocycles. The summed E-state index contributed by atoms with van der Waals surface area (Å²) in [6.45, 7) is -1.12. The summed E-state index contributed by atoms with van der Waals surface area (Å²) in [5.74, 6) is 0.0652. The van der Waals surface area contributed by atoms with E-state index in [9.17, 15) is 18.0 Å². The van der Waals surface area contributed by atoms with Gasteiger partial charge in [-0.05, 0) is 37.0 Å². The predicted molar refractivity (Wildman–Crippen MR) is 86.3 cm³/mol. The Balaban J connectivity index is 1.92. The molecule has 0 aliphatic heterocycles. The van der Waals surface area contributed by atoms with Crippen molar-refractivity contribution in [1.82, 2.24) is 5.32 Å². The highest BCUT2D eigenvalue weighted by Crippen LogP contribution is 2.30. The van der Waals surface area contributed by atoms with E-state index in [0.717, 1.165) is 19.3 Å². The van der Waals surface area contributed by atoms with Gasteiger partial charge in [0, 0.05) is 18.5 Å². The van der Waals surface area contributed by atoms with Crippen LogP contribution in [0.3, 0.4) is 0 Å². The molecule has 1 fully saturated rings. The van der Waals surface area contributed by atoms with Crippen LogP contribution >= 0.6 is 0 Å². The van der Waals surface area contributed by atoms with Crippen molar-refractivity contribution in [2.24, 2.45) is 11.7 Å². The lowest BCUT2D eigenvalue weighted by Crippen LogP contribution is -2.37. The minimum Gasteiger partial charge on any atom is -0.493 e. The molecule has 3 N–H and O–H groups in total. The lowest BCUT2D eigenvalue weighted by atomic mass is 9.85. The summed E-state index contributed by atoms with van der Waals surface area (Å²) in [5, 5.41) is 2.85. The average molecular weight is 360 g/mol. The van der Waals surface area contributed by atoms with E-state index in [0.29, 0.717) is 12.0 Å². The summed E-state index contributed by atoms with van der Waals surface area (Å²) in [5.41, 5.74) is 6.61. The predicted octanol–water partition coefficient (Wildman–Crippen LogP) is 2.77. The number of ether oxygens (including phenoxy) is 2. The van der Waals surface area contributed by atoms with Crippen LogP contribution in [0.5, 0.6) is 11.5 Å². The monoisotopic (exact) mass is 360 g/mol. The van der Waals surface area contributed by atoms with Gasteiger partial charge in [0.15, 0.2) is 18.1 Å². The molecular weight excluding hydrogens is 337 g/mol. The first-order valence-electron chi connectivity index (χ1n) is 8.18. The summed E-state index contributed by atoms with van der Waals surface area (Å²) >= 11 is 0. The first-order valence-corrected chi connectivity index (χ1v) is 8.18. The van der Waals surface area contributed by atoms with Gasteiger partial charge < -0.3 is 20.5 Å².